The lowest BCUT2D eigenvalue weighted by atomic mass is 10.2. The third-order valence-corrected chi connectivity index (χ3v) is 3.25. The molecule has 0 saturated carbocycles. The van der Waals surface area contributed by atoms with Crippen LogP contribution in [0.3, 0.4) is 0 Å². The number of hydrogen-bond donors (Lipinski definition) is 1. The summed E-state index contributed by atoms with van der Waals surface area (Å²) in [5, 5.41) is 7.56. The second-order valence-corrected chi connectivity index (χ2v) is 4.91. The van der Waals surface area contributed by atoms with Crippen molar-refractivity contribution in [2.24, 2.45) is 7.05 Å². The van der Waals surface area contributed by atoms with Crippen LogP contribution in [-0.4, -0.2) is 29.5 Å². The summed E-state index contributed by atoms with van der Waals surface area (Å²) in [5.41, 5.74) is 2.28. The number of rotatable bonds is 4. The molecule has 0 spiro atoms. The van der Waals surface area contributed by atoms with Crippen LogP contribution in [-0.2, 0) is 13.5 Å². The zero-order valence-corrected chi connectivity index (χ0v) is 11.6. The SMILES string of the molecule is Cn1cc(CCNc2ccc3c(c2)OCCCO3)cn1. The Hall–Kier alpha value is -2.17. The van der Waals surface area contributed by atoms with Crippen molar-refractivity contribution in [3.63, 3.8) is 0 Å². The molecule has 0 aliphatic carbocycles. The number of nitrogens with one attached hydrogen (secondary N) is 1. The summed E-state index contributed by atoms with van der Waals surface area (Å²) in [4.78, 5) is 0. The number of fused-ring (bicyclic) bond motifs is 1. The molecule has 0 unspecified atom stereocenters. The van der Waals surface area contributed by atoms with E-state index in [1.165, 1.54) is 5.56 Å². The number of aromatic nitrogens is 2. The van der Waals surface area contributed by atoms with Gasteiger partial charge in [-0.3, -0.25) is 4.68 Å². The van der Waals surface area contributed by atoms with E-state index < -0.39 is 0 Å². The zero-order valence-electron chi connectivity index (χ0n) is 11.6. The van der Waals surface area contributed by atoms with Gasteiger partial charge in [0.05, 0.1) is 19.4 Å². The van der Waals surface area contributed by atoms with E-state index in [0.717, 1.165) is 43.2 Å². The highest BCUT2D eigenvalue weighted by molar-refractivity contribution is 5.55. The highest BCUT2D eigenvalue weighted by Gasteiger charge is 2.10. The first-order valence-electron chi connectivity index (χ1n) is 6.92. The summed E-state index contributed by atoms with van der Waals surface area (Å²) in [6.45, 7) is 2.30. The summed E-state index contributed by atoms with van der Waals surface area (Å²) in [6.07, 6.45) is 5.81. The van der Waals surface area contributed by atoms with Crippen LogP contribution in [0.2, 0.25) is 0 Å². The number of aryl methyl sites for hydroxylation is 1. The first kappa shape index (κ1) is 12.8. The van der Waals surface area contributed by atoms with E-state index in [4.69, 9.17) is 9.47 Å². The third kappa shape index (κ3) is 3.04. The fourth-order valence-electron chi connectivity index (χ4n) is 2.23. The molecule has 1 N–H and O–H groups in total. The smallest absolute Gasteiger partial charge is 0.163 e. The van der Waals surface area contributed by atoms with Crippen LogP contribution in [0.15, 0.2) is 30.6 Å². The Morgan fingerprint density at radius 2 is 2.10 bits per heavy atom. The molecule has 1 aliphatic rings. The van der Waals surface area contributed by atoms with Crippen LogP contribution in [0.4, 0.5) is 5.69 Å². The van der Waals surface area contributed by atoms with Gasteiger partial charge in [0.15, 0.2) is 11.5 Å². The topological polar surface area (TPSA) is 48.3 Å². The van der Waals surface area contributed by atoms with Crippen molar-refractivity contribution in [2.75, 3.05) is 25.1 Å². The Kier molecular flexibility index (Phi) is 3.76. The fourth-order valence-corrected chi connectivity index (χ4v) is 2.23. The number of nitrogens with zero attached hydrogens (tertiary/aromatic N) is 2. The Labute approximate surface area is 118 Å². The Bertz CT molecular complexity index is 580. The monoisotopic (exact) mass is 273 g/mol. The Balaban J connectivity index is 1.59. The molecule has 0 fully saturated rings. The maximum atomic E-state index is 5.68. The Morgan fingerprint density at radius 3 is 2.90 bits per heavy atom. The quantitative estimate of drug-likeness (QED) is 0.928. The van der Waals surface area contributed by atoms with Crippen molar-refractivity contribution < 1.29 is 9.47 Å². The van der Waals surface area contributed by atoms with Gasteiger partial charge in [0.2, 0.25) is 0 Å². The molecule has 5 heteroatoms. The van der Waals surface area contributed by atoms with E-state index in [9.17, 15) is 0 Å². The van der Waals surface area contributed by atoms with Gasteiger partial charge in [-0.05, 0) is 24.1 Å². The number of hydrogen-bond acceptors (Lipinski definition) is 4. The van der Waals surface area contributed by atoms with Gasteiger partial charge in [-0.25, -0.2) is 0 Å². The van der Waals surface area contributed by atoms with Gasteiger partial charge < -0.3 is 14.8 Å². The van der Waals surface area contributed by atoms with Gasteiger partial charge in [0.25, 0.3) is 0 Å². The van der Waals surface area contributed by atoms with Crippen molar-refractivity contribution >= 4 is 5.69 Å². The molecule has 1 aliphatic heterocycles. The molecule has 3 rings (SSSR count). The average Bonchev–Trinajstić information content (AvgIpc) is 2.73. The summed E-state index contributed by atoms with van der Waals surface area (Å²) < 4.78 is 13.1. The molecule has 0 saturated heterocycles. The molecule has 5 nitrogen and oxygen atoms in total. The van der Waals surface area contributed by atoms with Gasteiger partial charge in [0.1, 0.15) is 0 Å². The lowest BCUT2D eigenvalue weighted by Gasteiger charge is -2.10. The second-order valence-electron chi connectivity index (χ2n) is 4.91. The summed E-state index contributed by atoms with van der Waals surface area (Å²) >= 11 is 0. The third-order valence-electron chi connectivity index (χ3n) is 3.25. The van der Waals surface area contributed by atoms with Crippen LogP contribution < -0.4 is 14.8 Å². The highest BCUT2D eigenvalue weighted by Crippen LogP contribution is 2.32. The summed E-state index contributed by atoms with van der Waals surface area (Å²) in [7, 11) is 1.93. The molecule has 0 radical (unpaired) electrons. The molecule has 2 heterocycles. The second kappa shape index (κ2) is 5.86. The first-order chi connectivity index (χ1) is 9.81. The minimum Gasteiger partial charge on any atom is -0.490 e. The molecule has 106 valence electrons. The van der Waals surface area contributed by atoms with Gasteiger partial charge >= 0.3 is 0 Å². The van der Waals surface area contributed by atoms with Crippen molar-refractivity contribution in [3.8, 4) is 11.5 Å². The standard InChI is InChI=1S/C15H19N3O2/c1-18-11-12(10-17-18)5-6-16-13-3-4-14-15(9-13)20-8-2-7-19-14/h3-4,9-11,16H,2,5-8H2,1H3. The molecule has 1 aromatic carbocycles. The van der Waals surface area contributed by atoms with E-state index in [2.05, 4.69) is 10.4 Å². The summed E-state index contributed by atoms with van der Waals surface area (Å²) in [5.74, 6) is 1.66. The van der Waals surface area contributed by atoms with Crippen molar-refractivity contribution in [1.29, 1.82) is 0 Å². The first-order valence-corrected chi connectivity index (χ1v) is 6.92. The fraction of sp³-hybridized carbons (Fsp3) is 0.400. The normalized spacial score (nSPS) is 13.8. The highest BCUT2D eigenvalue weighted by atomic mass is 16.5. The lowest BCUT2D eigenvalue weighted by molar-refractivity contribution is 0.297. The van der Waals surface area contributed by atoms with Crippen molar-refractivity contribution in [1.82, 2.24) is 9.78 Å². The minimum absolute atomic E-state index is 0.714. The van der Waals surface area contributed by atoms with Crippen molar-refractivity contribution in [2.45, 2.75) is 12.8 Å². The molecule has 2 aromatic rings. The average molecular weight is 273 g/mol. The van der Waals surface area contributed by atoms with Gasteiger partial charge in [-0.2, -0.15) is 5.10 Å². The maximum Gasteiger partial charge on any atom is 0.163 e. The summed E-state index contributed by atoms with van der Waals surface area (Å²) in [6, 6.07) is 5.99. The van der Waals surface area contributed by atoms with Gasteiger partial charge in [-0.15, -0.1) is 0 Å². The number of ether oxygens (including phenoxy) is 2. The van der Waals surface area contributed by atoms with E-state index in [-0.39, 0.29) is 0 Å². The molecular weight excluding hydrogens is 254 g/mol. The largest absolute Gasteiger partial charge is 0.490 e. The minimum atomic E-state index is 0.714. The molecule has 1 aromatic heterocycles. The Morgan fingerprint density at radius 1 is 1.25 bits per heavy atom. The van der Waals surface area contributed by atoms with Crippen LogP contribution >= 0.6 is 0 Å². The molecule has 20 heavy (non-hydrogen) atoms. The predicted octanol–water partition coefficient (Wildman–Crippen LogP) is 2.24. The molecule has 0 amide bonds. The van der Waals surface area contributed by atoms with E-state index in [1.54, 1.807) is 0 Å². The van der Waals surface area contributed by atoms with Crippen LogP contribution in [0.25, 0.3) is 0 Å². The molecule has 0 atom stereocenters. The van der Waals surface area contributed by atoms with Crippen LogP contribution in [0, 0.1) is 0 Å². The lowest BCUT2D eigenvalue weighted by Crippen LogP contribution is -2.04. The van der Waals surface area contributed by atoms with Crippen molar-refractivity contribution in [3.05, 3.63) is 36.2 Å². The predicted molar refractivity (Wildman–Crippen MR) is 77.5 cm³/mol. The van der Waals surface area contributed by atoms with Gasteiger partial charge in [-0.1, -0.05) is 0 Å². The van der Waals surface area contributed by atoms with E-state index >= 15 is 0 Å². The number of anilines is 1. The van der Waals surface area contributed by atoms with Gasteiger partial charge in [0, 0.05) is 38.0 Å². The molecule has 0 bridgehead atoms. The van der Waals surface area contributed by atoms with E-state index in [1.807, 2.05) is 42.3 Å². The van der Waals surface area contributed by atoms with Crippen LogP contribution in [0.5, 0.6) is 11.5 Å². The maximum absolute atomic E-state index is 5.68. The van der Waals surface area contributed by atoms with Crippen LogP contribution in [0.1, 0.15) is 12.0 Å². The van der Waals surface area contributed by atoms with E-state index in [0.29, 0.717) is 6.61 Å². The zero-order chi connectivity index (χ0) is 13.8. The number of benzene rings is 1. The molecular formula is C15H19N3O2.